The molecule has 0 amide bonds. The molecule has 0 spiro atoms. The zero-order valence-electron chi connectivity index (χ0n) is 10.8. The lowest BCUT2D eigenvalue weighted by Gasteiger charge is -2.28. The number of likely N-dealkylation sites (N-methyl/N-ethyl adjacent to an activating group) is 1. The molecular weight excluding hydrogens is 234 g/mol. The van der Waals surface area contributed by atoms with Gasteiger partial charge < -0.3 is 15.0 Å². The van der Waals surface area contributed by atoms with Gasteiger partial charge in [0.25, 0.3) is 0 Å². The first-order valence-electron chi connectivity index (χ1n) is 6.17. The Morgan fingerprint density at radius 3 is 3.06 bits per heavy atom. The first-order chi connectivity index (χ1) is 8.24. The van der Waals surface area contributed by atoms with Crippen LogP contribution in [0.3, 0.4) is 0 Å². The summed E-state index contributed by atoms with van der Waals surface area (Å²) in [4.78, 5) is 8.39. The number of nitrogens with zero attached hydrogens (tertiary/aromatic N) is 2. The van der Waals surface area contributed by atoms with Gasteiger partial charge in [0.15, 0.2) is 0 Å². The third-order valence-corrected chi connectivity index (χ3v) is 4.20. The fourth-order valence-electron chi connectivity index (χ4n) is 2.04. The lowest BCUT2D eigenvalue weighted by Crippen LogP contribution is -2.35. The number of nitrogens with one attached hydrogen (secondary N) is 1. The Balaban J connectivity index is 2.14. The zero-order chi connectivity index (χ0) is 12.3. The molecule has 2 heterocycles. The highest BCUT2D eigenvalue weighted by molar-refractivity contribution is 7.11. The average Bonchev–Trinajstić information content (AvgIpc) is 2.73. The van der Waals surface area contributed by atoms with Crippen molar-refractivity contribution in [1.82, 2.24) is 15.2 Å². The molecule has 0 radical (unpaired) electrons. The minimum absolute atomic E-state index is 0.162. The maximum absolute atomic E-state index is 5.81. The van der Waals surface area contributed by atoms with Crippen LogP contribution in [0.5, 0.6) is 0 Å². The van der Waals surface area contributed by atoms with Gasteiger partial charge in [-0.1, -0.05) is 6.92 Å². The van der Waals surface area contributed by atoms with Crippen LogP contribution >= 0.6 is 11.3 Å². The summed E-state index contributed by atoms with van der Waals surface area (Å²) in [5.41, 5.74) is 1.22. The molecule has 1 fully saturated rings. The Morgan fingerprint density at radius 2 is 2.41 bits per heavy atom. The van der Waals surface area contributed by atoms with E-state index < -0.39 is 0 Å². The molecule has 1 aromatic rings. The summed E-state index contributed by atoms with van der Waals surface area (Å²) < 4.78 is 5.81. The van der Waals surface area contributed by atoms with Crippen molar-refractivity contribution in [2.75, 3.05) is 33.8 Å². The van der Waals surface area contributed by atoms with Gasteiger partial charge in [0.1, 0.15) is 11.1 Å². The van der Waals surface area contributed by atoms with Crippen LogP contribution in [0.4, 0.5) is 0 Å². The molecule has 1 saturated heterocycles. The third-order valence-electron chi connectivity index (χ3n) is 3.01. The molecule has 0 bridgehead atoms. The van der Waals surface area contributed by atoms with Crippen molar-refractivity contribution in [3.8, 4) is 0 Å². The van der Waals surface area contributed by atoms with E-state index >= 15 is 0 Å². The molecule has 4 nitrogen and oxygen atoms in total. The van der Waals surface area contributed by atoms with Crippen molar-refractivity contribution in [1.29, 1.82) is 0 Å². The summed E-state index contributed by atoms with van der Waals surface area (Å²) >= 11 is 1.79. The first-order valence-corrected chi connectivity index (χ1v) is 6.99. The Bertz CT molecular complexity index is 367. The van der Waals surface area contributed by atoms with Crippen LogP contribution < -0.4 is 5.32 Å². The fourth-order valence-corrected chi connectivity index (χ4v) is 3.25. The van der Waals surface area contributed by atoms with E-state index in [1.54, 1.807) is 11.3 Å². The molecule has 1 aliphatic heterocycles. The summed E-state index contributed by atoms with van der Waals surface area (Å²) in [6.45, 7) is 5.85. The predicted octanol–water partition coefficient (Wildman–Crippen LogP) is 1.43. The number of aromatic nitrogens is 1. The van der Waals surface area contributed by atoms with Gasteiger partial charge in [0.2, 0.25) is 0 Å². The van der Waals surface area contributed by atoms with Gasteiger partial charge in [-0.3, -0.25) is 0 Å². The second-order valence-electron chi connectivity index (χ2n) is 4.43. The summed E-state index contributed by atoms with van der Waals surface area (Å²) in [6.07, 6.45) is 1.16. The normalized spacial score (nSPS) is 21.9. The average molecular weight is 255 g/mol. The highest BCUT2D eigenvalue weighted by Gasteiger charge is 2.23. The van der Waals surface area contributed by atoms with E-state index in [1.807, 2.05) is 7.05 Å². The topological polar surface area (TPSA) is 37.4 Å². The van der Waals surface area contributed by atoms with E-state index in [9.17, 15) is 0 Å². The minimum Gasteiger partial charge on any atom is -0.368 e. The smallest absolute Gasteiger partial charge is 0.123 e. The molecular formula is C12H21N3OS. The quantitative estimate of drug-likeness (QED) is 0.883. The number of morpholine rings is 1. The Kier molecular flexibility index (Phi) is 4.50. The number of thiazole rings is 1. The Morgan fingerprint density at radius 1 is 1.59 bits per heavy atom. The van der Waals surface area contributed by atoms with E-state index in [1.165, 1.54) is 10.6 Å². The monoisotopic (exact) mass is 255 g/mol. The molecule has 1 atom stereocenters. The molecule has 1 aromatic heterocycles. The lowest BCUT2D eigenvalue weighted by molar-refractivity contribution is -0.0210. The highest BCUT2D eigenvalue weighted by Crippen LogP contribution is 2.28. The predicted molar refractivity (Wildman–Crippen MR) is 70.4 cm³/mol. The van der Waals surface area contributed by atoms with Crippen LogP contribution in [-0.4, -0.2) is 43.7 Å². The number of aryl methyl sites for hydroxylation is 1. The van der Waals surface area contributed by atoms with Crippen molar-refractivity contribution >= 4 is 11.3 Å². The molecule has 1 N–H and O–H groups in total. The van der Waals surface area contributed by atoms with E-state index in [0.717, 1.165) is 37.7 Å². The largest absolute Gasteiger partial charge is 0.368 e. The van der Waals surface area contributed by atoms with Crippen molar-refractivity contribution in [2.45, 2.75) is 26.0 Å². The highest BCUT2D eigenvalue weighted by atomic mass is 32.1. The molecule has 17 heavy (non-hydrogen) atoms. The van der Waals surface area contributed by atoms with E-state index in [4.69, 9.17) is 9.72 Å². The van der Waals surface area contributed by atoms with Crippen molar-refractivity contribution < 1.29 is 4.74 Å². The van der Waals surface area contributed by atoms with Gasteiger partial charge in [0.05, 0.1) is 12.3 Å². The summed E-state index contributed by atoms with van der Waals surface area (Å²) in [7, 11) is 4.11. The molecule has 96 valence electrons. The third kappa shape index (κ3) is 3.04. The lowest BCUT2D eigenvalue weighted by atomic mass is 10.2. The minimum atomic E-state index is 0.162. The fraction of sp³-hybridized carbons (Fsp3) is 0.750. The molecule has 0 aromatic carbocycles. The molecule has 2 rings (SSSR count). The van der Waals surface area contributed by atoms with Gasteiger partial charge >= 0.3 is 0 Å². The van der Waals surface area contributed by atoms with Crippen molar-refractivity contribution in [3.63, 3.8) is 0 Å². The first kappa shape index (κ1) is 13.0. The summed E-state index contributed by atoms with van der Waals surface area (Å²) in [5.74, 6) is 0. The van der Waals surface area contributed by atoms with Gasteiger partial charge in [-0.2, -0.15) is 0 Å². The van der Waals surface area contributed by atoms with E-state index in [2.05, 4.69) is 24.2 Å². The Hall–Kier alpha value is -0.490. The van der Waals surface area contributed by atoms with Gasteiger partial charge in [-0.05, 0) is 20.5 Å². The molecule has 1 unspecified atom stereocenters. The van der Waals surface area contributed by atoms with Gasteiger partial charge in [0, 0.05) is 24.5 Å². The second kappa shape index (κ2) is 5.91. The number of rotatable bonds is 4. The van der Waals surface area contributed by atoms with Crippen LogP contribution in [-0.2, 0) is 17.7 Å². The van der Waals surface area contributed by atoms with Crippen LogP contribution in [0.2, 0.25) is 0 Å². The second-order valence-corrected chi connectivity index (χ2v) is 5.54. The van der Waals surface area contributed by atoms with Crippen LogP contribution in [0.15, 0.2) is 0 Å². The van der Waals surface area contributed by atoms with E-state index in [-0.39, 0.29) is 6.10 Å². The summed E-state index contributed by atoms with van der Waals surface area (Å²) in [5, 5.41) is 4.34. The standard InChI is InChI=1S/C12H21N3OS/c1-4-9-11(7-13-2)17-12(14-9)10-8-15(3)5-6-16-10/h10,13H,4-8H2,1-3H3. The SMILES string of the molecule is CCc1nc(C2CN(C)CCO2)sc1CNC. The van der Waals surface area contributed by atoms with Gasteiger partial charge in [-0.15, -0.1) is 11.3 Å². The molecule has 0 saturated carbocycles. The van der Waals surface area contributed by atoms with Crippen molar-refractivity contribution in [3.05, 3.63) is 15.6 Å². The Labute approximate surface area is 107 Å². The van der Waals surface area contributed by atoms with Gasteiger partial charge in [-0.25, -0.2) is 4.98 Å². The number of hydrogen-bond acceptors (Lipinski definition) is 5. The summed E-state index contributed by atoms with van der Waals surface area (Å²) in [6, 6.07) is 0. The number of hydrogen-bond donors (Lipinski definition) is 1. The maximum atomic E-state index is 5.81. The zero-order valence-corrected chi connectivity index (χ0v) is 11.6. The maximum Gasteiger partial charge on any atom is 0.123 e. The van der Waals surface area contributed by atoms with Crippen LogP contribution in [0.1, 0.15) is 28.6 Å². The van der Waals surface area contributed by atoms with E-state index in [0.29, 0.717) is 0 Å². The molecule has 5 heteroatoms. The van der Waals surface area contributed by atoms with Crippen LogP contribution in [0, 0.1) is 0 Å². The molecule has 1 aliphatic rings. The van der Waals surface area contributed by atoms with Crippen molar-refractivity contribution in [2.24, 2.45) is 0 Å². The molecule has 0 aliphatic carbocycles. The van der Waals surface area contributed by atoms with Crippen LogP contribution in [0.25, 0.3) is 0 Å². The number of ether oxygens (including phenoxy) is 1.